The highest BCUT2D eigenvalue weighted by Gasteiger charge is 2.31. The summed E-state index contributed by atoms with van der Waals surface area (Å²) >= 11 is 0. The van der Waals surface area contributed by atoms with E-state index in [0.29, 0.717) is 18.9 Å². The summed E-state index contributed by atoms with van der Waals surface area (Å²) < 4.78 is 5.44. The number of anilines is 1. The van der Waals surface area contributed by atoms with Crippen LogP contribution in [-0.2, 0) is 24.1 Å². The number of ketones is 1. The Balaban J connectivity index is 1.14. The Morgan fingerprint density at radius 2 is 1.82 bits per heavy atom. The lowest BCUT2D eigenvalue weighted by molar-refractivity contribution is -0.118. The van der Waals surface area contributed by atoms with Gasteiger partial charge in [-0.15, -0.1) is 0 Å². The molecule has 0 aromatic heterocycles. The van der Waals surface area contributed by atoms with Crippen LogP contribution in [0.3, 0.4) is 0 Å². The number of para-hydroxylation sites is 1. The lowest BCUT2D eigenvalue weighted by atomic mass is 9.94. The molecule has 0 saturated carbocycles. The fourth-order valence-corrected chi connectivity index (χ4v) is 5.15. The Morgan fingerprint density at radius 1 is 1.06 bits per heavy atom. The molecular formula is C28H36N2O3. The van der Waals surface area contributed by atoms with Crippen LogP contribution >= 0.6 is 0 Å². The maximum Gasteiger partial charge on any atom is 0.227 e. The number of carbonyl (C=O) groups is 2. The quantitative estimate of drug-likeness (QED) is 0.371. The number of Topliss-reactive ketones (excluding diaryl/α,β-unsaturated/α-hetero) is 1. The Kier molecular flexibility index (Phi) is 7.81. The standard InChI is InChI=1S/C28H36N2O3/c1-20(17-21-9-6-7-11-26(21)33-2)29-15-8-4-3-5-10-25(31)24-18-22-12-13-27(32)30-16-14-23(19-24)28(22)30/h6-7,9,11,18-20,29H,3-5,8,10,12-17H2,1-2H3. The predicted molar refractivity (Wildman–Crippen MR) is 132 cm³/mol. The molecule has 0 fully saturated rings. The smallest absolute Gasteiger partial charge is 0.227 e. The number of hydrogen-bond donors (Lipinski definition) is 1. The number of methoxy groups -OCH3 is 1. The van der Waals surface area contributed by atoms with Crippen molar-refractivity contribution in [3.05, 3.63) is 58.7 Å². The average molecular weight is 449 g/mol. The van der Waals surface area contributed by atoms with Crippen molar-refractivity contribution < 1.29 is 14.3 Å². The fraction of sp³-hybridized carbons (Fsp3) is 0.500. The van der Waals surface area contributed by atoms with Crippen molar-refractivity contribution in [1.82, 2.24) is 5.32 Å². The first kappa shape index (κ1) is 23.5. The van der Waals surface area contributed by atoms with E-state index in [1.165, 1.54) is 16.7 Å². The fourth-order valence-electron chi connectivity index (χ4n) is 5.15. The third-order valence-corrected chi connectivity index (χ3v) is 6.92. The summed E-state index contributed by atoms with van der Waals surface area (Å²) in [6, 6.07) is 12.7. The largest absolute Gasteiger partial charge is 0.496 e. The van der Waals surface area contributed by atoms with E-state index < -0.39 is 0 Å². The highest BCUT2D eigenvalue weighted by molar-refractivity contribution is 6.02. The van der Waals surface area contributed by atoms with Crippen molar-refractivity contribution in [1.29, 1.82) is 0 Å². The Morgan fingerprint density at radius 3 is 2.64 bits per heavy atom. The summed E-state index contributed by atoms with van der Waals surface area (Å²) in [5, 5.41) is 3.61. The van der Waals surface area contributed by atoms with E-state index in [9.17, 15) is 9.59 Å². The van der Waals surface area contributed by atoms with Crippen LogP contribution in [0, 0.1) is 0 Å². The predicted octanol–water partition coefficient (Wildman–Crippen LogP) is 4.88. The molecule has 0 spiro atoms. The minimum absolute atomic E-state index is 0.226. The van der Waals surface area contributed by atoms with Gasteiger partial charge in [-0.3, -0.25) is 9.59 Å². The molecule has 0 saturated heterocycles. The van der Waals surface area contributed by atoms with Gasteiger partial charge in [-0.2, -0.15) is 0 Å². The van der Waals surface area contributed by atoms with E-state index in [4.69, 9.17) is 4.74 Å². The summed E-state index contributed by atoms with van der Waals surface area (Å²) in [7, 11) is 1.72. The maximum atomic E-state index is 12.8. The third-order valence-electron chi connectivity index (χ3n) is 6.92. The second kappa shape index (κ2) is 11.0. The summed E-state index contributed by atoms with van der Waals surface area (Å²) in [4.78, 5) is 26.8. The summed E-state index contributed by atoms with van der Waals surface area (Å²) in [5.41, 5.74) is 5.53. The first-order valence-electron chi connectivity index (χ1n) is 12.4. The topological polar surface area (TPSA) is 58.6 Å². The van der Waals surface area contributed by atoms with Crippen LogP contribution in [0.2, 0.25) is 0 Å². The van der Waals surface area contributed by atoms with Crippen LogP contribution in [0.1, 0.15) is 72.5 Å². The van der Waals surface area contributed by atoms with Gasteiger partial charge in [0.2, 0.25) is 5.91 Å². The van der Waals surface area contributed by atoms with Crippen LogP contribution in [0.25, 0.3) is 0 Å². The summed E-state index contributed by atoms with van der Waals surface area (Å²) in [5.74, 6) is 1.42. The summed E-state index contributed by atoms with van der Waals surface area (Å²) in [6.07, 6.45) is 8.03. The van der Waals surface area contributed by atoms with Gasteiger partial charge in [0.1, 0.15) is 5.75 Å². The SMILES string of the molecule is COc1ccccc1CC(C)NCCCCCCC(=O)c1cc2c3c(c1)CCN3C(=O)CC2. The number of ether oxygens (including phenoxy) is 1. The van der Waals surface area contributed by atoms with Gasteiger partial charge in [0.05, 0.1) is 12.8 Å². The average Bonchev–Trinajstić information content (AvgIpc) is 3.26. The van der Waals surface area contributed by atoms with Gasteiger partial charge in [-0.05, 0) is 80.5 Å². The number of nitrogens with one attached hydrogen (secondary N) is 1. The molecule has 2 aromatic carbocycles. The van der Waals surface area contributed by atoms with E-state index in [-0.39, 0.29) is 11.7 Å². The minimum atomic E-state index is 0.226. The highest BCUT2D eigenvalue weighted by Crippen LogP contribution is 2.37. The Bertz CT molecular complexity index is 1000. The van der Waals surface area contributed by atoms with E-state index >= 15 is 0 Å². The molecule has 2 heterocycles. The number of rotatable bonds is 12. The highest BCUT2D eigenvalue weighted by atomic mass is 16.5. The maximum absolute atomic E-state index is 12.8. The minimum Gasteiger partial charge on any atom is -0.496 e. The molecule has 0 aliphatic carbocycles. The van der Waals surface area contributed by atoms with Gasteiger partial charge in [0.25, 0.3) is 0 Å². The van der Waals surface area contributed by atoms with Crippen LogP contribution in [0.4, 0.5) is 5.69 Å². The first-order valence-corrected chi connectivity index (χ1v) is 12.4. The van der Waals surface area contributed by atoms with Crippen molar-refractivity contribution >= 4 is 17.4 Å². The van der Waals surface area contributed by atoms with Crippen molar-refractivity contribution in [3.8, 4) is 5.75 Å². The first-order chi connectivity index (χ1) is 16.1. The molecule has 1 amide bonds. The number of amides is 1. The molecule has 1 N–H and O–H groups in total. The van der Waals surface area contributed by atoms with E-state index in [0.717, 1.165) is 75.0 Å². The lowest BCUT2D eigenvalue weighted by Gasteiger charge is -2.25. The van der Waals surface area contributed by atoms with E-state index in [2.05, 4.69) is 24.4 Å². The van der Waals surface area contributed by atoms with Crippen LogP contribution in [-0.4, -0.2) is 37.9 Å². The zero-order chi connectivity index (χ0) is 23.2. The normalized spacial score (nSPS) is 15.5. The number of hydrogen-bond acceptors (Lipinski definition) is 4. The van der Waals surface area contributed by atoms with Crippen LogP contribution in [0.15, 0.2) is 36.4 Å². The van der Waals surface area contributed by atoms with Gasteiger partial charge < -0.3 is 15.0 Å². The van der Waals surface area contributed by atoms with Crippen LogP contribution in [0.5, 0.6) is 5.75 Å². The number of benzene rings is 2. The molecule has 2 aromatic rings. The van der Waals surface area contributed by atoms with Crippen molar-refractivity contribution in [2.75, 3.05) is 25.1 Å². The van der Waals surface area contributed by atoms with Gasteiger partial charge in [0, 0.05) is 31.0 Å². The molecule has 2 aliphatic rings. The molecule has 33 heavy (non-hydrogen) atoms. The summed E-state index contributed by atoms with van der Waals surface area (Å²) in [6.45, 7) is 3.97. The monoisotopic (exact) mass is 448 g/mol. The van der Waals surface area contributed by atoms with Gasteiger partial charge in [-0.1, -0.05) is 31.0 Å². The molecule has 1 atom stereocenters. The number of carbonyl (C=O) groups excluding carboxylic acids is 2. The van der Waals surface area contributed by atoms with Crippen molar-refractivity contribution in [3.63, 3.8) is 0 Å². The molecule has 5 heteroatoms. The molecule has 176 valence electrons. The zero-order valence-corrected chi connectivity index (χ0v) is 20.0. The van der Waals surface area contributed by atoms with Gasteiger partial charge in [-0.25, -0.2) is 0 Å². The lowest BCUT2D eigenvalue weighted by Crippen LogP contribution is -2.32. The molecule has 0 radical (unpaired) electrons. The number of aryl methyl sites for hydroxylation is 1. The second-order valence-corrected chi connectivity index (χ2v) is 9.40. The third kappa shape index (κ3) is 5.64. The second-order valence-electron chi connectivity index (χ2n) is 9.40. The van der Waals surface area contributed by atoms with Gasteiger partial charge in [0.15, 0.2) is 5.78 Å². The molecular weight excluding hydrogens is 412 g/mol. The molecule has 0 bridgehead atoms. The molecule has 5 nitrogen and oxygen atoms in total. The van der Waals surface area contributed by atoms with E-state index in [1.807, 2.05) is 29.2 Å². The van der Waals surface area contributed by atoms with Crippen molar-refractivity contribution in [2.45, 2.75) is 70.8 Å². The Labute approximate surface area is 197 Å². The molecule has 4 rings (SSSR count). The molecule has 2 aliphatic heterocycles. The van der Waals surface area contributed by atoms with E-state index in [1.54, 1.807) is 7.11 Å². The number of nitrogens with zero attached hydrogens (tertiary/aromatic N) is 1. The van der Waals surface area contributed by atoms with Crippen LogP contribution < -0.4 is 15.0 Å². The molecule has 1 unspecified atom stereocenters. The Hall–Kier alpha value is -2.66. The van der Waals surface area contributed by atoms with Gasteiger partial charge >= 0.3 is 0 Å². The number of unbranched alkanes of at least 4 members (excludes halogenated alkanes) is 3. The van der Waals surface area contributed by atoms with Crippen molar-refractivity contribution in [2.24, 2.45) is 0 Å². The zero-order valence-electron chi connectivity index (χ0n) is 20.0.